The molecule has 4 heteroatoms. The van der Waals surface area contributed by atoms with Crippen LogP contribution in [0.1, 0.15) is 41.4 Å². The van der Waals surface area contributed by atoms with E-state index in [9.17, 15) is 19.2 Å². The highest BCUT2D eigenvalue weighted by Gasteiger charge is 2.07. The molecule has 0 spiro atoms. The van der Waals surface area contributed by atoms with E-state index in [2.05, 4.69) is 0 Å². The van der Waals surface area contributed by atoms with Gasteiger partial charge >= 0.3 is 0 Å². The fraction of sp³-hybridized carbons (Fsp3) is 0. The number of carbonyl (C=O) groups excluding carboxylic acids is 4. The standard InChI is InChI=1S/C10H6O4/c11-3-7-1-8(4-12)10(6-14)2-9(7)5-13/h1-6H. The number of rotatable bonds is 4. The van der Waals surface area contributed by atoms with Gasteiger partial charge in [0.2, 0.25) is 0 Å². The fourth-order valence-electron chi connectivity index (χ4n) is 1.08. The highest BCUT2D eigenvalue weighted by molar-refractivity contribution is 5.98. The van der Waals surface area contributed by atoms with Crippen molar-refractivity contribution in [2.24, 2.45) is 0 Å². The lowest BCUT2D eigenvalue weighted by atomic mass is 10.0. The predicted octanol–water partition coefficient (Wildman–Crippen LogP) is 0.937. The molecule has 14 heavy (non-hydrogen) atoms. The first-order chi connectivity index (χ1) is 6.76. The van der Waals surface area contributed by atoms with E-state index < -0.39 is 0 Å². The Kier molecular flexibility index (Phi) is 3.01. The summed E-state index contributed by atoms with van der Waals surface area (Å²) >= 11 is 0. The van der Waals surface area contributed by atoms with Gasteiger partial charge in [0.15, 0.2) is 25.1 Å². The zero-order valence-corrected chi connectivity index (χ0v) is 7.10. The summed E-state index contributed by atoms with van der Waals surface area (Å²) in [5.41, 5.74) is 0.417. The van der Waals surface area contributed by atoms with Gasteiger partial charge in [0.1, 0.15) is 0 Å². The minimum Gasteiger partial charge on any atom is -0.298 e. The Morgan fingerprint density at radius 2 is 0.786 bits per heavy atom. The number of aldehydes is 4. The molecular weight excluding hydrogens is 184 g/mol. The van der Waals surface area contributed by atoms with E-state index in [1.165, 1.54) is 12.1 Å². The van der Waals surface area contributed by atoms with Gasteiger partial charge in [0, 0.05) is 22.3 Å². The average Bonchev–Trinajstić information content (AvgIpc) is 2.26. The summed E-state index contributed by atoms with van der Waals surface area (Å²) in [6, 6.07) is 2.43. The first kappa shape index (κ1) is 9.98. The van der Waals surface area contributed by atoms with Crippen LogP contribution >= 0.6 is 0 Å². The molecule has 1 aromatic rings. The molecule has 70 valence electrons. The topological polar surface area (TPSA) is 68.3 Å². The van der Waals surface area contributed by atoms with Crippen molar-refractivity contribution in [3.05, 3.63) is 34.4 Å². The second kappa shape index (κ2) is 4.23. The Balaban J connectivity index is 3.49. The quantitative estimate of drug-likeness (QED) is 0.662. The van der Waals surface area contributed by atoms with E-state index in [4.69, 9.17) is 0 Å². The van der Waals surface area contributed by atoms with Crippen LogP contribution in [0.5, 0.6) is 0 Å². The van der Waals surface area contributed by atoms with Gasteiger partial charge in [0.05, 0.1) is 0 Å². The molecule has 0 saturated heterocycles. The maximum atomic E-state index is 10.5. The number of carbonyl (C=O) groups is 4. The van der Waals surface area contributed by atoms with Crippen molar-refractivity contribution < 1.29 is 19.2 Å². The molecule has 0 aliphatic rings. The van der Waals surface area contributed by atoms with Gasteiger partial charge in [-0.15, -0.1) is 0 Å². The second-order valence-corrected chi connectivity index (χ2v) is 2.58. The summed E-state index contributed by atoms with van der Waals surface area (Å²) in [7, 11) is 0. The third-order valence-corrected chi connectivity index (χ3v) is 1.80. The number of hydrogen-bond donors (Lipinski definition) is 0. The van der Waals surface area contributed by atoms with E-state index in [0.717, 1.165) is 0 Å². The summed E-state index contributed by atoms with van der Waals surface area (Å²) in [6.45, 7) is 0. The lowest BCUT2D eigenvalue weighted by molar-refractivity contribution is 0.108. The van der Waals surface area contributed by atoms with Gasteiger partial charge in [-0.1, -0.05) is 0 Å². The van der Waals surface area contributed by atoms with Gasteiger partial charge < -0.3 is 0 Å². The molecule has 0 amide bonds. The van der Waals surface area contributed by atoms with E-state index in [0.29, 0.717) is 25.1 Å². The monoisotopic (exact) mass is 190 g/mol. The van der Waals surface area contributed by atoms with E-state index in [1.807, 2.05) is 0 Å². The van der Waals surface area contributed by atoms with Crippen LogP contribution in [0.4, 0.5) is 0 Å². The maximum Gasteiger partial charge on any atom is 0.150 e. The lowest BCUT2D eigenvalue weighted by Gasteiger charge is -2.00. The molecule has 0 aliphatic carbocycles. The molecule has 0 aliphatic heterocycles. The molecule has 0 fully saturated rings. The Labute approximate surface area is 79.5 Å². The molecule has 0 radical (unpaired) electrons. The fourth-order valence-corrected chi connectivity index (χ4v) is 1.08. The Bertz CT molecular complexity index is 333. The summed E-state index contributed by atoms with van der Waals surface area (Å²) in [5, 5.41) is 0. The van der Waals surface area contributed by atoms with E-state index in [1.54, 1.807) is 0 Å². The van der Waals surface area contributed by atoms with Gasteiger partial charge in [-0.25, -0.2) is 0 Å². The minimum atomic E-state index is 0.104. The van der Waals surface area contributed by atoms with Crippen molar-refractivity contribution in [2.45, 2.75) is 0 Å². The summed E-state index contributed by atoms with van der Waals surface area (Å²) in [4.78, 5) is 42.0. The number of hydrogen-bond acceptors (Lipinski definition) is 4. The van der Waals surface area contributed by atoms with Crippen LogP contribution in [0, 0.1) is 0 Å². The normalized spacial score (nSPS) is 9.14. The highest BCUT2D eigenvalue weighted by atomic mass is 16.1. The molecular formula is C10H6O4. The Hall–Kier alpha value is -2.10. The molecule has 0 aromatic heterocycles. The average molecular weight is 190 g/mol. The Morgan fingerprint density at radius 1 is 0.571 bits per heavy atom. The molecule has 1 aromatic carbocycles. The van der Waals surface area contributed by atoms with E-state index in [-0.39, 0.29) is 22.3 Å². The first-order valence-electron chi connectivity index (χ1n) is 3.75. The van der Waals surface area contributed by atoms with Crippen molar-refractivity contribution in [1.82, 2.24) is 0 Å². The smallest absolute Gasteiger partial charge is 0.150 e. The molecule has 0 bridgehead atoms. The molecule has 4 nitrogen and oxygen atoms in total. The molecule has 1 rings (SSSR count). The van der Waals surface area contributed by atoms with Crippen LogP contribution in [0.2, 0.25) is 0 Å². The first-order valence-corrected chi connectivity index (χ1v) is 3.75. The van der Waals surface area contributed by atoms with Crippen molar-refractivity contribution >= 4 is 25.1 Å². The molecule has 0 N–H and O–H groups in total. The van der Waals surface area contributed by atoms with Crippen LogP contribution in [0.15, 0.2) is 12.1 Å². The van der Waals surface area contributed by atoms with Crippen LogP contribution < -0.4 is 0 Å². The summed E-state index contributed by atoms with van der Waals surface area (Å²) < 4.78 is 0. The van der Waals surface area contributed by atoms with Gasteiger partial charge in [-0.05, 0) is 12.1 Å². The van der Waals surface area contributed by atoms with Gasteiger partial charge in [-0.3, -0.25) is 19.2 Å². The molecule has 0 atom stereocenters. The largest absolute Gasteiger partial charge is 0.298 e. The maximum absolute atomic E-state index is 10.5. The molecule has 0 heterocycles. The lowest BCUT2D eigenvalue weighted by Crippen LogP contribution is -1.98. The zero-order valence-electron chi connectivity index (χ0n) is 7.10. The minimum absolute atomic E-state index is 0.104. The molecule has 0 unspecified atom stereocenters. The zero-order chi connectivity index (χ0) is 10.6. The van der Waals surface area contributed by atoms with Gasteiger partial charge in [-0.2, -0.15) is 0 Å². The van der Waals surface area contributed by atoms with Crippen molar-refractivity contribution in [2.75, 3.05) is 0 Å². The second-order valence-electron chi connectivity index (χ2n) is 2.58. The van der Waals surface area contributed by atoms with Crippen LogP contribution in [0.25, 0.3) is 0 Å². The molecule has 0 saturated carbocycles. The van der Waals surface area contributed by atoms with Crippen LogP contribution in [-0.4, -0.2) is 25.1 Å². The van der Waals surface area contributed by atoms with Crippen LogP contribution in [-0.2, 0) is 0 Å². The van der Waals surface area contributed by atoms with Crippen molar-refractivity contribution in [3.8, 4) is 0 Å². The van der Waals surface area contributed by atoms with E-state index >= 15 is 0 Å². The predicted molar refractivity (Wildman–Crippen MR) is 48.0 cm³/mol. The summed E-state index contributed by atoms with van der Waals surface area (Å²) in [5.74, 6) is 0. The third-order valence-electron chi connectivity index (χ3n) is 1.80. The van der Waals surface area contributed by atoms with Crippen molar-refractivity contribution in [1.29, 1.82) is 0 Å². The Morgan fingerprint density at radius 3 is 0.929 bits per heavy atom. The highest BCUT2D eigenvalue weighted by Crippen LogP contribution is 2.11. The third kappa shape index (κ3) is 1.64. The number of benzene rings is 1. The van der Waals surface area contributed by atoms with Gasteiger partial charge in [0.25, 0.3) is 0 Å². The summed E-state index contributed by atoms with van der Waals surface area (Å²) in [6.07, 6.45) is 1.85. The SMILES string of the molecule is O=Cc1cc(C=O)c(C=O)cc1C=O. The van der Waals surface area contributed by atoms with Crippen LogP contribution in [0.3, 0.4) is 0 Å². The van der Waals surface area contributed by atoms with Crippen molar-refractivity contribution in [3.63, 3.8) is 0 Å².